The van der Waals surface area contributed by atoms with Gasteiger partial charge in [0, 0.05) is 23.0 Å². The summed E-state index contributed by atoms with van der Waals surface area (Å²) in [5.41, 5.74) is 2.05. The Kier molecular flexibility index (Phi) is 8.22. The van der Waals surface area contributed by atoms with E-state index in [4.69, 9.17) is 28.8 Å². The van der Waals surface area contributed by atoms with E-state index in [2.05, 4.69) is 5.32 Å². The van der Waals surface area contributed by atoms with Crippen LogP contribution in [-0.2, 0) is 12.6 Å². The molecule has 10 heteroatoms. The molecular weight excluding hydrogens is 530 g/mol. The maximum absolute atomic E-state index is 13.9. The smallest absolute Gasteiger partial charge is 0.332 e. The third-order valence-electron chi connectivity index (χ3n) is 5.72. The van der Waals surface area contributed by atoms with Gasteiger partial charge in [-0.3, -0.25) is 9.89 Å². The quantitative estimate of drug-likeness (QED) is 0.258. The van der Waals surface area contributed by atoms with Crippen molar-refractivity contribution in [2.75, 3.05) is 17.6 Å². The number of thioether (sulfide) groups is 1. The molecule has 1 aliphatic heterocycles. The predicted octanol–water partition coefficient (Wildman–Crippen LogP) is 7.89. The zero-order valence-corrected chi connectivity index (χ0v) is 21.5. The molecule has 0 bridgehead atoms. The molecule has 3 aromatic carbocycles. The van der Waals surface area contributed by atoms with Gasteiger partial charge in [-0.15, -0.1) is 0 Å². The van der Waals surface area contributed by atoms with Crippen molar-refractivity contribution in [3.8, 4) is 0 Å². The molecule has 1 fully saturated rings. The van der Waals surface area contributed by atoms with Gasteiger partial charge in [-0.1, -0.05) is 53.7 Å². The number of benzene rings is 3. The molecule has 0 radical (unpaired) electrons. The summed E-state index contributed by atoms with van der Waals surface area (Å²) in [6.45, 7) is 2.46. The van der Waals surface area contributed by atoms with E-state index < -0.39 is 11.7 Å². The van der Waals surface area contributed by atoms with Gasteiger partial charge >= 0.3 is 6.18 Å². The van der Waals surface area contributed by atoms with Crippen molar-refractivity contribution in [3.63, 3.8) is 0 Å². The summed E-state index contributed by atoms with van der Waals surface area (Å²) in [6, 6.07) is 16.5. The number of hydrogen-bond donors (Lipinski definition) is 1. The molecule has 3 aromatic rings. The van der Waals surface area contributed by atoms with Crippen LogP contribution in [0.4, 0.5) is 23.2 Å². The second-order valence-corrected chi connectivity index (χ2v) is 10.1. The standard InChI is InChI=1S/C26H22ClF4N3S2/c1-16-21(9-4-10-22(16)27)23(14-17-5-2-7-19(28)13-17)33-25-34(11-12-36-25)24(35)32-20-8-3-6-18(15-20)26(29,30)31/h2-10,13,15,23H,11-12,14H2,1H3,(H,32,35). The molecule has 0 spiro atoms. The Bertz CT molecular complexity index is 1300. The first kappa shape index (κ1) is 26.4. The van der Waals surface area contributed by atoms with Gasteiger partial charge in [0.05, 0.1) is 11.6 Å². The van der Waals surface area contributed by atoms with E-state index in [0.717, 1.165) is 28.8 Å². The lowest BCUT2D eigenvalue weighted by atomic mass is 9.96. The number of anilines is 1. The molecule has 1 aliphatic rings. The number of aliphatic imine (C=N–C) groups is 1. The van der Waals surface area contributed by atoms with Gasteiger partial charge in [-0.2, -0.15) is 13.2 Å². The molecule has 1 saturated heterocycles. The molecule has 0 aliphatic carbocycles. The minimum Gasteiger partial charge on any atom is -0.332 e. The SMILES string of the molecule is Cc1c(Cl)cccc1C(Cc1cccc(F)c1)N=C1SCCN1C(=S)Nc1cccc(C(F)(F)F)c1. The Labute approximate surface area is 221 Å². The fourth-order valence-corrected chi connectivity index (χ4v) is 5.42. The minimum absolute atomic E-state index is 0.244. The summed E-state index contributed by atoms with van der Waals surface area (Å²) in [7, 11) is 0. The van der Waals surface area contributed by atoms with Gasteiger partial charge in [-0.05, 0) is 78.7 Å². The van der Waals surface area contributed by atoms with Crippen molar-refractivity contribution in [2.45, 2.75) is 25.6 Å². The van der Waals surface area contributed by atoms with Crippen molar-refractivity contribution in [1.29, 1.82) is 0 Å². The highest BCUT2D eigenvalue weighted by Gasteiger charge is 2.31. The fraction of sp³-hybridized carbons (Fsp3) is 0.231. The third kappa shape index (κ3) is 6.38. The van der Waals surface area contributed by atoms with Crippen LogP contribution in [0.25, 0.3) is 0 Å². The average molecular weight is 552 g/mol. The lowest BCUT2D eigenvalue weighted by molar-refractivity contribution is -0.137. The van der Waals surface area contributed by atoms with E-state index >= 15 is 0 Å². The van der Waals surface area contributed by atoms with Crippen molar-refractivity contribution in [2.24, 2.45) is 4.99 Å². The van der Waals surface area contributed by atoms with Crippen molar-refractivity contribution >= 4 is 51.5 Å². The molecule has 1 atom stereocenters. The summed E-state index contributed by atoms with van der Waals surface area (Å²) in [5, 5.41) is 4.41. The van der Waals surface area contributed by atoms with Gasteiger partial charge in [0.2, 0.25) is 0 Å². The van der Waals surface area contributed by atoms with Gasteiger partial charge in [0.25, 0.3) is 0 Å². The lowest BCUT2D eigenvalue weighted by Crippen LogP contribution is -2.35. The predicted molar refractivity (Wildman–Crippen MR) is 143 cm³/mol. The second-order valence-electron chi connectivity index (χ2n) is 8.22. The van der Waals surface area contributed by atoms with Crippen LogP contribution < -0.4 is 5.32 Å². The molecule has 0 saturated carbocycles. The first-order chi connectivity index (χ1) is 17.1. The molecule has 4 rings (SSSR count). The van der Waals surface area contributed by atoms with Crippen molar-refractivity contribution in [3.05, 3.63) is 99.8 Å². The molecule has 188 valence electrons. The monoisotopic (exact) mass is 551 g/mol. The Morgan fingerprint density at radius 2 is 1.89 bits per heavy atom. The van der Waals surface area contributed by atoms with E-state index in [1.54, 1.807) is 17.0 Å². The molecule has 3 nitrogen and oxygen atoms in total. The average Bonchev–Trinajstić information content (AvgIpc) is 3.28. The largest absolute Gasteiger partial charge is 0.416 e. The molecular formula is C26H22ClF4N3S2. The van der Waals surface area contributed by atoms with E-state index in [-0.39, 0.29) is 22.7 Å². The van der Waals surface area contributed by atoms with Crippen LogP contribution in [0.3, 0.4) is 0 Å². The molecule has 0 aromatic heterocycles. The number of halogens is 5. The van der Waals surface area contributed by atoms with Crippen LogP contribution in [0.15, 0.2) is 71.7 Å². The Balaban J connectivity index is 1.63. The normalized spacial score (nSPS) is 15.8. The van der Waals surface area contributed by atoms with Gasteiger partial charge < -0.3 is 5.32 Å². The zero-order valence-electron chi connectivity index (χ0n) is 19.2. The summed E-state index contributed by atoms with van der Waals surface area (Å²) < 4.78 is 53.2. The summed E-state index contributed by atoms with van der Waals surface area (Å²) in [4.78, 5) is 6.77. The number of nitrogens with zero attached hydrogens (tertiary/aromatic N) is 2. The topological polar surface area (TPSA) is 27.6 Å². The highest BCUT2D eigenvalue weighted by atomic mass is 35.5. The van der Waals surface area contributed by atoms with Crippen molar-refractivity contribution in [1.82, 2.24) is 4.90 Å². The Morgan fingerprint density at radius 1 is 1.14 bits per heavy atom. The number of alkyl halides is 3. The van der Waals surface area contributed by atoms with Gasteiger partial charge in [0.15, 0.2) is 10.3 Å². The van der Waals surface area contributed by atoms with Crippen LogP contribution in [-0.4, -0.2) is 27.5 Å². The Hall–Kier alpha value is -2.62. The molecule has 0 amide bonds. The van der Waals surface area contributed by atoms with E-state index in [0.29, 0.717) is 28.9 Å². The number of amidine groups is 1. The number of hydrogen-bond acceptors (Lipinski definition) is 3. The third-order valence-corrected chi connectivity index (χ3v) is 7.42. The minimum atomic E-state index is -4.45. The maximum Gasteiger partial charge on any atom is 0.416 e. The molecule has 1 heterocycles. The van der Waals surface area contributed by atoms with Crippen LogP contribution in [0.2, 0.25) is 5.02 Å². The number of rotatable bonds is 5. The van der Waals surface area contributed by atoms with Crippen LogP contribution >= 0.6 is 35.6 Å². The van der Waals surface area contributed by atoms with Crippen molar-refractivity contribution < 1.29 is 17.6 Å². The molecule has 36 heavy (non-hydrogen) atoms. The zero-order chi connectivity index (χ0) is 25.9. The highest BCUT2D eigenvalue weighted by Crippen LogP contribution is 2.33. The summed E-state index contributed by atoms with van der Waals surface area (Å²) >= 11 is 13.4. The molecule has 1 unspecified atom stereocenters. The second kappa shape index (κ2) is 11.2. The van der Waals surface area contributed by atoms with Gasteiger partial charge in [0.1, 0.15) is 5.82 Å². The first-order valence-corrected chi connectivity index (χ1v) is 12.8. The van der Waals surface area contributed by atoms with Crippen LogP contribution in [0.1, 0.15) is 28.3 Å². The first-order valence-electron chi connectivity index (χ1n) is 11.1. The number of nitrogens with one attached hydrogen (secondary N) is 1. The Morgan fingerprint density at radius 3 is 2.64 bits per heavy atom. The van der Waals surface area contributed by atoms with E-state index in [9.17, 15) is 17.6 Å². The van der Waals surface area contributed by atoms with Gasteiger partial charge in [-0.25, -0.2) is 4.39 Å². The van der Waals surface area contributed by atoms with E-state index in [1.165, 1.54) is 36.0 Å². The molecule has 1 N–H and O–H groups in total. The highest BCUT2D eigenvalue weighted by molar-refractivity contribution is 8.14. The number of thiocarbonyl (C=S) groups is 1. The van der Waals surface area contributed by atoms with Crippen LogP contribution in [0.5, 0.6) is 0 Å². The fourth-order valence-electron chi connectivity index (χ4n) is 3.89. The maximum atomic E-state index is 13.9. The van der Waals surface area contributed by atoms with Crippen LogP contribution in [0, 0.1) is 12.7 Å². The summed E-state index contributed by atoms with van der Waals surface area (Å²) in [6.07, 6.45) is -4.01. The lowest BCUT2D eigenvalue weighted by Gasteiger charge is -2.23. The summed E-state index contributed by atoms with van der Waals surface area (Å²) in [5.74, 6) is 0.384. The van der Waals surface area contributed by atoms with E-state index in [1.807, 2.05) is 25.1 Å².